The van der Waals surface area contributed by atoms with Crippen LogP contribution in [-0.4, -0.2) is 31.7 Å². The molecule has 2 atom stereocenters. The first-order chi connectivity index (χ1) is 10.5. The molecule has 1 fully saturated rings. The number of ether oxygens (including phenoxy) is 1. The zero-order valence-electron chi connectivity index (χ0n) is 13.9. The molecule has 22 heavy (non-hydrogen) atoms. The molecule has 2 N–H and O–H groups in total. The van der Waals surface area contributed by atoms with Crippen molar-refractivity contribution in [2.75, 3.05) is 19.7 Å². The van der Waals surface area contributed by atoms with Crippen LogP contribution < -0.4 is 10.6 Å². The summed E-state index contributed by atoms with van der Waals surface area (Å²) >= 11 is 0. The van der Waals surface area contributed by atoms with E-state index in [0.717, 1.165) is 31.6 Å². The molecule has 1 heterocycles. The van der Waals surface area contributed by atoms with Gasteiger partial charge in [-0.25, -0.2) is 0 Å². The van der Waals surface area contributed by atoms with Gasteiger partial charge in [-0.15, -0.1) is 0 Å². The molecule has 4 heteroatoms. The molecule has 0 radical (unpaired) electrons. The van der Waals surface area contributed by atoms with Crippen LogP contribution in [0.4, 0.5) is 0 Å². The van der Waals surface area contributed by atoms with Crippen molar-refractivity contribution < 1.29 is 9.53 Å². The van der Waals surface area contributed by atoms with Gasteiger partial charge < -0.3 is 15.4 Å². The number of hydrogen-bond acceptors (Lipinski definition) is 3. The van der Waals surface area contributed by atoms with E-state index in [1.807, 2.05) is 18.2 Å². The van der Waals surface area contributed by atoms with Crippen LogP contribution in [-0.2, 0) is 9.53 Å². The third-order valence-corrected chi connectivity index (χ3v) is 3.99. The maximum Gasteiger partial charge on any atom is 0.234 e. The molecule has 2 unspecified atom stereocenters. The van der Waals surface area contributed by atoms with Gasteiger partial charge >= 0.3 is 0 Å². The number of nitrogens with one attached hydrogen (secondary N) is 2. The first-order valence-corrected chi connectivity index (χ1v) is 8.13. The largest absolute Gasteiger partial charge is 0.377 e. The molecule has 1 aliphatic heterocycles. The number of amides is 1. The zero-order chi connectivity index (χ0) is 16.0. The highest BCUT2D eigenvalue weighted by Gasteiger charge is 2.27. The van der Waals surface area contributed by atoms with Gasteiger partial charge in [0, 0.05) is 13.2 Å². The summed E-state index contributed by atoms with van der Waals surface area (Å²) in [4.78, 5) is 12.2. The zero-order valence-corrected chi connectivity index (χ0v) is 13.9. The smallest absolute Gasteiger partial charge is 0.234 e. The van der Waals surface area contributed by atoms with Gasteiger partial charge in [0.1, 0.15) is 0 Å². The molecule has 0 spiro atoms. The molecule has 0 bridgehead atoms. The molecule has 1 aliphatic rings. The summed E-state index contributed by atoms with van der Waals surface area (Å²) in [7, 11) is 0. The molecule has 0 saturated carbocycles. The van der Waals surface area contributed by atoms with Crippen LogP contribution in [0.5, 0.6) is 0 Å². The van der Waals surface area contributed by atoms with Gasteiger partial charge in [0.25, 0.3) is 0 Å². The lowest BCUT2D eigenvalue weighted by molar-refractivity contribution is -0.121. The van der Waals surface area contributed by atoms with Crippen molar-refractivity contribution in [3.05, 3.63) is 35.9 Å². The molecular weight excluding hydrogens is 276 g/mol. The lowest BCUT2D eigenvalue weighted by Crippen LogP contribution is -2.42. The minimum absolute atomic E-state index is 0.00531. The Bertz CT molecular complexity index is 462. The van der Waals surface area contributed by atoms with E-state index < -0.39 is 0 Å². The molecule has 1 aromatic carbocycles. The Kier molecular flexibility index (Phi) is 5.98. The number of rotatable bonds is 6. The van der Waals surface area contributed by atoms with Gasteiger partial charge in [-0.1, -0.05) is 51.1 Å². The Morgan fingerprint density at radius 1 is 1.32 bits per heavy atom. The SMILES string of the molecule is CC(C)(C)C(NC(=O)CNCC1CCCO1)c1ccccc1. The van der Waals surface area contributed by atoms with E-state index >= 15 is 0 Å². The van der Waals surface area contributed by atoms with Crippen molar-refractivity contribution in [3.8, 4) is 0 Å². The van der Waals surface area contributed by atoms with Gasteiger partial charge in [0.15, 0.2) is 0 Å². The van der Waals surface area contributed by atoms with Crippen molar-refractivity contribution in [2.45, 2.75) is 45.8 Å². The number of carbonyl (C=O) groups is 1. The van der Waals surface area contributed by atoms with Crippen molar-refractivity contribution in [1.82, 2.24) is 10.6 Å². The van der Waals surface area contributed by atoms with Crippen LogP contribution in [0.3, 0.4) is 0 Å². The molecule has 1 amide bonds. The van der Waals surface area contributed by atoms with E-state index in [1.54, 1.807) is 0 Å². The van der Waals surface area contributed by atoms with E-state index in [-0.39, 0.29) is 23.5 Å². The number of carbonyl (C=O) groups excluding carboxylic acids is 1. The van der Waals surface area contributed by atoms with Gasteiger partial charge in [-0.3, -0.25) is 4.79 Å². The van der Waals surface area contributed by atoms with Crippen LogP contribution in [0, 0.1) is 5.41 Å². The molecule has 122 valence electrons. The van der Waals surface area contributed by atoms with Crippen LogP contribution >= 0.6 is 0 Å². The molecule has 1 saturated heterocycles. The number of benzene rings is 1. The molecule has 2 rings (SSSR count). The summed E-state index contributed by atoms with van der Waals surface area (Å²) < 4.78 is 5.55. The molecular formula is C18H28N2O2. The van der Waals surface area contributed by atoms with E-state index in [4.69, 9.17) is 4.74 Å². The lowest BCUT2D eigenvalue weighted by Gasteiger charge is -2.32. The lowest BCUT2D eigenvalue weighted by atomic mass is 9.82. The Morgan fingerprint density at radius 2 is 2.05 bits per heavy atom. The van der Waals surface area contributed by atoms with E-state index in [0.29, 0.717) is 6.54 Å². The fraction of sp³-hybridized carbons (Fsp3) is 0.611. The van der Waals surface area contributed by atoms with Crippen LogP contribution in [0.1, 0.15) is 45.2 Å². The minimum atomic E-state index is -0.0361. The van der Waals surface area contributed by atoms with E-state index in [2.05, 4.69) is 43.5 Å². The maximum absolute atomic E-state index is 12.2. The first kappa shape index (κ1) is 17.0. The first-order valence-electron chi connectivity index (χ1n) is 8.13. The Balaban J connectivity index is 1.85. The molecule has 0 aliphatic carbocycles. The van der Waals surface area contributed by atoms with Crippen LogP contribution in [0.2, 0.25) is 0 Å². The summed E-state index contributed by atoms with van der Waals surface area (Å²) in [6.07, 6.45) is 2.47. The highest BCUT2D eigenvalue weighted by Crippen LogP contribution is 2.32. The second-order valence-corrected chi connectivity index (χ2v) is 7.04. The standard InChI is InChI=1S/C18H28N2O2/c1-18(2,3)17(14-8-5-4-6-9-14)20-16(21)13-19-12-15-10-7-11-22-15/h4-6,8-9,15,17,19H,7,10-13H2,1-3H3,(H,20,21). The van der Waals surface area contributed by atoms with Crippen molar-refractivity contribution in [2.24, 2.45) is 5.41 Å². The van der Waals surface area contributed by atoms with Crippen LogP contribution in [0.15, 0.2) is 30.3 Å². The summed E-state index contributed by atoms with van der Waals surface area (Å²) in [5.41, 5.74) is 1.11. The van der Waals surface area contributed by atoms with Crippen molar-refractivity contribution >= 4 is 5.91 Å². The van der Waals surface area contributed by atoms with Gasteiger partial charge in [-0.05, 0) is 23.8 Å². The molecule has 0 aromatic heterocycles. The average molecular weight is 304 g/mol. The van der Waals surface area contributed by atoms with Gasteiger partial charge in [0.2, 0.25) is 5.91 Å². The minimum Gasteiger partial charge on any atom is -0.377 e. The third-order valence-electron chi connectivity index (χ3n) is 3.99. The summed E-state index contributed by atoms with van der Waals surface area (Å²) in [6, 6.07) is 10.2. The summed E-state index contributed by atoms with van der Waals surface area (Å²) in [5.74, 6) is 0.0294. The summed E-state index contributed by atoms with van der Waals surface area (Å²) in [6.45, 7) is 8.36. The fourth-order valence-electron chi connectivity index (χ4n) is 2.81. The van der Waals surface area contributed by atoms with Crippen molar-refractivity contribution in [3.63, 3.8) is 0 Å². The predicted molar refractivity (Wildman–Crippen MR) is 88.6 cm³/mol. The fourth-order valence-corrected chi connectivity index (χ4v) is 2.81. The quantitative estimate of drug-likeness (QED) is 0.849. The van der Waals surface area contributed by atoms with Crippen molar-refractivity contribution in [1.29, 1.82) is 0 Å². The van der Waals surface area contributed by atoms with Crippen LogP contribution in [0.25, 0.3) is 0 Å². The highest BCUT2D eigenvalue weighted by molar-refractivity contribution is 5.78. The monoisotopic (exact) mass is 304 g/mol. The molecule has 1 aromatic rings. The maximum atomic E-state index is 12.2. The second-order valence-electron chi connectivity index (χ2n) is 7.04. The highest BCUT2D eigenvalue weighted by atomic mass is 16.5. The third kappa shape index (κ3) is 5.11. The van der Waals surface area contributed by atoms with E-state index in [9.17, 15) is 4.79 Å². The number of hydrogen-bond donors (Lipinski definition) is 2. The van der Waals surface area contributed by atoms with Gasteiger partial charge in [0.05, 0.1) is 18.7 Å². The Hall–Kier alpha value is -1.39. The predicted octanol–water partition coefficient (Wildman–Crippen LogP) is 2.66. The Morgan fingerprint density at radius 3 is 2.64 bits per heavy atom. The second kappa shape index (κ2) is 7.75. The molecule has 4 nitrogen and oxygen atoms in total. The van der Waals surface area contributed by atoms with E-state index in [1.165, 1.54) is 0 Å². The average Bonchev–Trinajstić information content (AvgIpc) is 2.98. The summed E-state index contributed by atoms with van der Waals surface area (Å²) in [5, 5.41) is 6.35. The van der Waals surface area contributed by atoms with Gasteiger partial charge in [-0.2, -0.15) is 0 Å². The normalized spacial score (nSPS) is 19.9. The Labute approximate surface area is 133 Å². The topological polar surface area (TPSA) is 50.4 Å².